The van der Waals surface area contributed by atoms with Gasteiger partial charge in [0, 0.05) is 30.7 Å². The van der Waals surface area contributed by atoms with Gasteiger partial charge in [0.05, 0.1) is 33.7 Å². The summed E-state index contributed by atoms with van der Waals surface area (Å²) < 4.78 is 17.0. The Morgan fingerprint density at radius 1 is 0.956 bits per heavy atom. The molecule has 0 radical (unpaired) electrons. The molecule has 5 rings (SSSR count). The fraction of sp³-hybridized carbons (Fsp3) is 0.394. The maximum atomic E-state index is 13.9. The van der Waals surface area contributed by atoms with Crippen LogP contribution in [0.4, 0.5) is 0 Å². The van der Waals surface area contributed by atoms with Gasteiger partial charge >= 0.3 is 0 Å². The first kappa shape index (κ1) is 35.0. The van der Waals surface area contributed by atoms with Gasteiger partial charge in [-0.3, -0.25) is 9.59 Å². The lowest BCUT2D eigenvalue weighted by Crippen LogP contribution is -2.55. The number of nitrogens with zero attached hydrogens (tertiary/aromatic N) is 1. The summed E-state index contributed by atoms with van der Waals surface area (Å²) in [5, 5.41) is 7.54. The van der Waals surface area contributed by atoms with E-state index >= 15 is 0 Å². The quantitative estimate of drug-likeness (QED) is 0.204. The van der Waals surface area contributed by atoms with Crippen LogP contribution in [0.5, 0.6) is 17.2 Å². The number of methoxy groups -OCH3 is 1. The van der Waals surface area contributed by atoms with Crippen LogP contribution in [-0.4, -0.2) is 62.2 Å². The third-order valence-corrected chi connectivity index (χ3v) is 8.72. The number of hydrogen-bond acceptors (Lipinski definition) is 6. The highest BCUT2D eigenvalue weighted by Crippen LogP contribution is 2.35. The molecule has 1 saturated heterocycles. The van der Waals surface area contributed by atoms with Crippen molar-refractivity contribution in [2.24, 2.45) is 5.92 Å². The smallest absolute Gasteiger partial charge is 0.253 e. The maximum Gasteiger partial charge on any atom is 0.253 e. The molecule has 45 heavy (non-hydrogen) atoms. The molecule has 2 fully saturated rings. The number of ether oxygens (including phenoxy) is 3. The van der Waals surface area contributed by atoms with Gasteiger partial charge in [0.15, 0.2) is 5.75 Å². The molecule has 1 aliphatic carbocycles. The number of piperidine rings is 1. The second-order valence-electron chi connectivity index (χ2n) is 11.1. The molecule has 2 unspecified atom stereocenters. The number of amides is 2. The van der Waals surface area contributed by atoms with Crippen molar-refractivity contribution in [3.63, 3.8) is 0 Å². The van der Waals surface area contributed by atoms with Crippen LogP contribution in [0.1, 0.15) is 40.7 Å². The number of halogens is 4. The van der Waals surface area contributed by atoms with Gasteiger partial charge < -0.3 is 29.7 Å². The van der Waals surface area contributed by atoms with E-state index in [-0.39, 0.29) is 54.5 Å². The predicted octanol–water partition coefficient (Wildman–Crippen LogP) is 6.74. The van der Waals surface area contributed by atoms with Gasteiger partial charge in [-0.2, -0.15) is 0 Å². The van der Waals surface area contributed by atoms with Crippen LogP contribution >= 0.6 is 47.2 Å². The SMILES string of the molecule is COc1ccccc1CN(C(=O)C1CNCCC1NC(=O)c1ccc(OCCOc2c(Cl)cc(C)cc2Cl)cc1Cl)C1CC1.Cl. The minimum absolute atomic E-state index is 0. The molecule has 1 aliphatic heterocycles. The third kappa shape index (κ3) is 8.89. The Bertz CT molecular complexity index is 1480. The van der Waals surface area contributed by atoms with E-state index in [1.54, 1.807) is 37.4 Å². The second-order valence-corrected chi connectivity index (χ2v) is 12.3. The molecule has 3 aromatic carbocycles. The van der Waals surface area contributed by atoms with Gasteiger partial charge in [0.25, 0.3) is 5.91 Å². The summed E-state index contributed by atoms with van der Waals surface area (Å²) in [6, 6.07) is 16.1. The van der Waals surface area contributed by atoms with E-state index in [0.717, 1.165) is 29.7 Å². The molecule has 8 nitrogen and oxygen atoms in total. The standard InChI is InChI=1S/C33H36Cl3N3O5.ClH/c1-20-15-27(35)31(28(36)16-20)44-14-13-43-23-9-10-24(26(34)17-23)32(40)38-29-11-12-37-18-25(29)33(41)39(22-7-8-22)19-21-5-3-4-6-30(21)42-2;/h3-6,9-10,15-17,22,25,29,37H,7-8,11-14,18-19H2,1-2H3,(H,38,40);1H. The molecular weight excluding hydrogens is 660 g/mol. The van der Waals surface area contributed by atoms with Gasteiger partial charge in [0.2, 0.25) is 5.91 Å². The second kappa shape index (κ2) is 16.1. The fourth-order valence-corrected chi connectivity index (χ4v) is 6.40. The van der Waals surface area contributed by atoms with Crippen LogP contribution < -0.4 is 24.8 Å². The molecule has 12 heteroatoms. The van der Waals surface area contributed by atoms with Gasteiger partial charge in [0.1, 0.15) is 24.7 Å². The largest absolute Gasteiger partial charge is 0.496 e. The molecule has 2 aliphatic rings. The van der Waals surface area contributed by atoms with E-state index < -0.39 is 5.92 Å². The Morgan fingerprint density at radius 2 is 1.67 bits per heavy atom. The first-order valence-corrected chi connectivity index (χ1v) is 15.8. The lowest BCUT2D eigenvalue weighted by molar-refractivity contribution is -0.138. The maximum absolute atomic E-state index is 13.9. The number of carbonyl (C=O) groups excluding carboxylic acids is 2. The monoisotopic (exact) mass is 695 g/mol. The Balaban J connectivity index is 0.00000461. The lowest BCUT2D eigenvalue weighted by Gasteiger charge is -2.36. The van der Waals surface area contributed by atoms with Crippen LogP contribution in [-0.2, 0) is 11.3 Å². The van der Waals surface area contributed by atoms with E-state index in [4.69, 9.17) is 49.0 Å². The highest BCUT2D eigenvalue weighted by Gasteiger charge is 2.40. The molecule has 1 heterocycles. The zero-order chi connectivity index (χ0) is 31.2. The first-order chi connectivity index (χ1) is 21.2. The lowest BCUT2D eigenvalue weighted by atomic mass is 9.91. The minimum atomic E-state index is -0.403. The van der Waals surface area contributed by atoms with Gasteiger partial charge in [-0.25, -0.2) is 0 Å². The van der Waals surface area contributed by atoms with Crippen molar-refractivity contribution in [1.29, 1.82) is 0 Å². The molecule has 2 amide bonds. The molecular formula is C33H37Cl4N3O5. The highest BCUT2D eigenvalue weighted by atomic mass is 35.5. The van der Waals surface area contributed by atoms with E-state index in [1.165, 1.54) is 0 Å². The first-order valence-electron chi connectivity index (χ1n) is 14.7. The molecule has 2 N–H and O–H groups in total. The molecule has 0 bridgehead atoms. The Morgan fingerprint density at radius 3 is 2.36 bits per heavy atom. The number of benzene rings is 3. The summed E-state index contributed by atoms with van der Waals surface area (Å²) in [5.41, 5.74) is 2.21. The summed E-state index contributed by atoms with van der Waals surface area (Å²) in [6.07, 6.45) is 2.58. The molecule has 0 aromatic heterocycles. The van der Waals surface area contributed by atoms with E-state index in [0.29, 0.717) is 53.2 Å². The summed E-state index contributed by atoms with van der Waals surface area (Å²) in [4.78, 5) is 29.2. The predicted molar refractivity (Wildman–Crippen MR) is 180 cm³/mol. The summed E-state index contributed by atoms with van der Waals surface area (Å²) in [6.45, 7) is 3.98. The van der Waals surface area contributed by atoms with Crippen molar-refractivity contribution >= 4 is 59.0 Å². The molecule has 0 spiro atoms. The topological polar surface area (TPSA) is 89.1 Å². The Hall–Kier alpha value is -2.88. The number of nitrogens with one attached hydrogen (secondary N) is 2. The van der Waals surface area contributed by atoms with Gasteiger partial charge in [-0.05, 0) is 74.7 Å². The number of para-hydroxylation sites is 1. The molecule has 1 saturated carbocycles. The summed E-state index contributed by atoms with van der Waals surface area (Å²) in [7, 11) is 1.64. The van der Waals surface area contributed by atoms with E-state index in [9.17, 15) is 9.59 Å². The normalized spacial score (nSPS) is 17.5. The van der Waals surface area contributed by atoms with Crippen LogP contribution in [0.25, 0.3) is 0 Å². The number of carbonyl (C=O) groups is 2. The minimum Gasteiger partial charge on any atom is -0.496 e. The van der Waals surface area contributed by atoms with Crippen molar-refractivity contribution in [2.45, 2.75) is 44.8 Å². The third-order valence-electron chi connectivity index (χ3n) is 7.85. The summed E-state index contributed by atoms with van der Waals surface area (Å²) >= 11 is 19.0. The zero-order valence-electron chi connectivity index (χ0n) is 25.1. The van der Waals surface area contributed by atoms with E-state index in [2.05, 4.69) is 10.6 Å². The van der Waals surface area contributed by atoms with Gasteiger partial charge in [-0.1, -0.05) is 53.0 Å². The van der Waals surface area contributed by atoms with Gasteiger partial charge in [-0.15, -0.1) is 12.4 Å². The zero-order valence-corrected chi connectivity index (χ0v) is 28.2. The van der Waals surface area contributed by atoms with Crippen LogP contribution in [0.15, 0.2) is 54.6 Å². The number of rotatable bonds is 12. The van der Waals surface area contributed by atoms with Crippen LogP contribution in [0, 0.1) is 12.8 Å². The van der Waals surface area contributed by atoms with E-state index in [1.807, 2.05) is 36.1 Å². The Kier molecular flexibility index (Phi) is 12.5. The average molecular weight is 697 g/mol. The Labute approximate surface area is 285 Å². The van der Waals surface area contributed by atoms with Crippen molar-refractivity contribution in [2.75, 3.05) is 33.4 Å². The summed E-state index contributed by atoms with van der Waals surface area (Å²) in [5.74, 6) is 0.944. The molecule has 2 atom stereocenters. The van der Waals surface area contributed by atoms with Crippen molar-refractivity contribution in [3.05, 3.63) is 86.4 Å². The van der Waals surface area contributed by atoms with Crippen LogP contribution in [0.2, 0.25) is 15.1 Å². The number of hydrogen-bond donors (Lipinski definition) is 2. The van der Waals surface area contributed by atoms with Crippen molar-refractivity contribution in [3.8, 4) is 17.2 Å². The number of aryl methyl sites for hydroxylation is 1. The van der Waals surface area contributed by atoms with Crippen LogP contribution in [0.3, 0.4) is 0 Å². The highest BCUT2D eigenvalue weighted by molar-refractivity contribution is 6.37. The van der Waals surface area contributed by atoms with Crippen molar-refractivity contribution in [1.82, 2.24) is 15.5 Å². The van der Waals surface area contributed by atoms with Crippen molar-refractivity contribution < 1.29 is 23.8 Å². The average Bonchev–Trinajstić information content (AvgIpc) is 3.84. The molecule has 242 valence electrons. The molecule has 3 aromatic rings. The fourth-order valence-electron chi connectivity index (χ4n) is 5.44.